The molecule has 1 heterocycles. The topological polar surface area (TPSA) is 42.0 Å². The molecule has 2 rings (SSSR count). The van der Waals surface area contributed by atoms with Gasteiger partial charge in [0.25, 0.3) is 0 Å². The van der Waals surface area contributed by atoms with E-state index in [9.17, 15) is 4.79 Å². The van der Waals surface area contributed by atoms with Gasteiger partial charge in [-0.05, 0) is 29.5 Å². The molecule has 0 radical (unpaired) electrons. The molecular weight excluding hydrogens is 256 g/mol. The number of carbonyl (C=O) groups excluding carboxylic acids is 1. The van der Waals surface area contributed by atoms with Gasteiger partial charge in [-0.2, -0.15) is 0 Å². The van der Waals surface area contributed by atoms with Crippen LogP contribution in [0.5, 0.6) is 0 Å². The number of rotatable bonds is 5. The summed E-state index contributed by atoms with van der Waals surface area (Å²) in [5, 5.41) is 2.91. The van der Waals surface area contributed by atoms with Gasteiger partial charge in [-0.25, -0.2) is 0 Å². The third-order valence-electron chi connectivity index (χ3n) is 2.76. The Morgan fingerprint density at radius 2 is 2.11 bits per heavy atom. The molecule has 0 aliphatic heterocycles. The highest BCUT2D eigenvalue weighted by Gasteiger charge is 2.06. The summed E-state index contributed by atoms with van der Waals surface area (Å²) in [5.41, 5.74) is 2.08. The third kappa shape index (κ3) is 4.10. The van der Waals surface area contributed by atoms with Crippen LogP contribution >= 0.6 is 11.8 Å². The number of thioether (sulfide) groups is 1. The second-order valence-corrected chi connectivity index (χ2v) is 4.97. The van der Waals surface area contributed by atoms with E-state index in [0.29, 0.717) is 13.0 Å². The van der Waals surface area contributed by atoms with Crippen LogP contribution in [0, 0.1) is 0 Å². The van der Waals surface area contributed by atoms with Gasteiger partial charge in [-0.3, -0.25) is 9.78 Å². The number of benzene rings is 1. The molecular formula is C15H16N2OS. The summed E-state index contributed by atoms with van der Waals surface area (Å²) in [6.45, 7) is 0.522. The maximum atomic E-state index is 11.9. The van der Waals surface area contributed by atoms with Crippen LogP contribution in [-0.2, 0) is 17.8 Å². The van der Waals surface area contributed by atoms with E-state index < -0.39 is 0 Å². The number of hydrogen-bond donors (Lipinski definition) is 1. The number of nitrogens with one attached hydrogen (secondary N) is 1. The van der Waals surface area contributed by atoms with Crippen molar-refractivity contribution in [3.05, 3.63) is 59.9 Å². The Balaban J connectivity index is 1.91. The van der Waals surface area contributed by atoms with Gasteiger partial charge in [0.05, 0.1) is 6.42 Å². The highest BCUT2D eigenvalue weighted by Crippen LogP contribution is 2.20. The van der Waals surface area contributed by atoms with Gasteiger partial charge in [-0.15, -0.1) is 11.8 Å². The molecule has 0 bridgehead atoms. The first-order chi connectivity index (χ1) is 9.29. The second kappa shape index (κ2) is 6.95. The minimum Gasteiger partial charge on any atom is -0.352 e. The van der Waals surface area contributed by atoms with Crippen molar-refractivity contribution in [2.45, 2.75) is 17.9 Å². The maximum Gasteiger partial charge on any atom is 0.224 e. The van der Waals surface area contributed by atoms with E-state index in [4.69, 9.17) is 0 Å². The zero-order chi connectivity index (χ0) is 13.5. The fourth-order valence-electron chi connectivity index (χ4n) is 1.79. The highest BCUT2D eigenvalue weighted by molar-refractivity contribution is 7.98. The minimum absolute atomic E-state index is 0.0327. The van der Waals surface area contributed by atoms with Crippen molar-refractivity contribution in [1.29, 1.82) is 0 Å². The summed E-state index contributed by atoms with van der Waals surface area (Å²) < 4.78 is 0. The fraction of sp³-hybridized carbons (Fsp3) is 0.200. The van der Waals surface area contributed by atoms with E-state index in [-0.39, 0.29) is 5.91 Å². The lowest BCUT2D eigenvalue weighted by Crippen LogP contribution is -2.24. The SMILES string of the molecule is CSc1ccccc1CC(=O)NCc1cccnc1. The molecule has 0 saturated heterocycles. The summed E-state index contributed by atoms with van der Waals surface area (Å²) in [7, 11) is 0. The average molecular weight is 272 g/mol. The maximum absolute atomic E-state index is 11.9. The summed E-state index contributed by atoms with van der Waals surface area (Å²) in [4.78, 5) is 17.1. The number of hydrogen-bond acceptors (Lipinski definition) is 3. The van der Waals surface area contributed by atoms with E-state index in [2.05, 4.69) is 10.3 Å². The van der Waals surface area contributed by atoms with Crippen LogP contribution in [0.2, 0.25) is 0 Å². The van der Waals surface area contributed by atoms with Crippen LogP contribution in [0.25, 0.3) is 0 Å². The van der Waals surface area contributed by atoms with Gasteiger partial charge >= 0.3 is 0 Å². The first-order valence-corrected chi connectivity index (χ1v) is 7.29. The van der Waals surface area contributed by atoms with E-state index >= 15 is 0 Å². The molecule has 1 amide bonds. The number of amides is 1. The van der Waals surface area contributed by atoms with Crippen molar-refractivity contribution >= 4 is 17.7 Å². The number of carbonyl (C=O) groups is 1. The standard InChI is InChI=1S/C15H16N2OS/c1-19-14-7-3-2-6-13(14)9-15(18)17-11-12-5-4-8-16-10-12/h2-8,10H,9,11H2,1H3,(H,17,18). The molecule has 98 valence electrons. The van der Waals surface area contributed by atoms with Crippen molar-refractivity contribution < 1.29 is 4.79 Å². The predicted octanol–water partition coefficient (Wildman–Crippen LogP) is 2.66. The quantitative estimate of drug-likeness (QED) is 0.851. The van der Waals surface area contributed by atoms with Crippen LogP contribution in [0.3, 0.4) is 0 Å². The molecule has 2 aromatic rings. The zero-order valence-electron chi connectivity index (χ0n) is 10.8. The zero-order valence-corrected chi connectivity index (χ0v) is 11.6. The Kier molecular flexibility index (Phi) is 4.98. The van der Waals surface area contributed by atoms with Gasteiger partial charge in [-0.1, -0.05) is 24.3 Å². The normalized spacial score (nSPS) is 10.2. The van der Waals surface area contributed by atoms with Crippen LogP contribution in [-0.4, -0.2) is 17.1 Å². The molecule has 1 aromatic carbocycles. The molecule has 0 spiro atoms. The van der Waals surface area contributed by atoms with Gasteiger partial charge in [0.1, 0.15) is 0 Å². The van der Waals surface area contributed by atoms with Crippen molar-refractivity contribution in [2.24, 2.45) is 0 Å². The highest BCUT2D eigenvalue weighted by atomic mass is 32.2. The third-order valence-corrected chi connectivity index (χ3v) is 3.59. The molecule has 1 N–H and O–H groups in total. The van der Waals surface area contributed by atoms with Crippen molar-refractivity contribution in [3.63, 3.8) is 0 Å². The molecule has 0 unspecified atom stereocenters. The summed E-state index contributed by atoms with van der Waals surface area (Å²) in [6, 6.07) is 11.8. The van der Waals surface area contributed by atoms with Crippen molar-refractivity contribution in [2.75, 3.05) is 6.26 Å². The molecule has 19 heavy (non-hydrogen) atoms. The monoisotopic (exact) mass is 272 g/mol. The second-order valence-electron chi connectivity index (χ2n) is 4.13. The molecule has 0 aliphatic rings. The molecule has 0 aliphatic carbocycles. The van der Waals surface area contributed by atoms with Crippen molar-refractivity contribution in [1.82, 2.24) is 10.3 Å². The number of nitrogens with zero attached hydrogens (tertiary/aromatic N) is 1. The van der Waals surface area contributed by atoms with Gasteiger partial charge in [0.15, 0.2) is 0 Å². The van der Waals surface area contributed by atoms with Gasteiger partial charge in [0, 0.05) is 23.8 Å². The molecule has 0 saturated carbocycles. The summed E-state index contributed by atoms with van der Waals surface area (Å²) >= 11 is 1.66. The number of aromatic nitrogens is 1. The first kappa shape index (κ1) is 13.6. The van der Waals surface area contributed by atoms with E-state index in [1.54, 1.807) is 24.2 Å². The largest absolute Gasteiger partial charge is 0.352 e. The van der Waals surface area contributed by atoms with Crippen molar-refractivity contribution in [3.8, 4) is 0 Å². The Hall–Kier alpha value is -1.81. The lowest BCUT2D eigenvalue weighted by molar-refractivity contribution is -0.120. The van der Waals surface area contributed by atoms with E-state index in [1.165, 1.54) is 0 Å². The van der Waals surface area contributed by atoms with Gasteiger partial charge in [0.2, 0.25) is 5.91 Å². The van der Waals surface area contributed by atoms with E-state index in [1.807, 2.05) is 42.7 Å². The number of pyridine rings is 1. The Bertz CT molecular complexity index is 543. The van der Waals surface area contributed by atoms with E-state index in [0.717, 1.165) is 16.0 Å². The fourth-order valence-corrected chi connectivity index (χ4v) is 2.40. The van der Waals surface area contributed by atoms with Crippen LogP contribution < -0.4 is 5.32 Å². The lowest BCUT2D eigenvalue weighted by atomic mass is 10.1. The predicted molar refractivity (Wildman–Crippen MR) is 78.0 cm³/mol. The summed E-state index contributed by atoms with van der Waals surface area (Å²) in [5.74, 6) is 0.0327. The molecule has 3 nitrogen and oxygen atoms in total. The van der Waals surface area contributed by atoms with Gasteiger partial charge < -0.3 is 5.32 Å². The molecule has 0 fully saturated rings. The van der Waals surface area contributed by atoms with Crippen LogP contribution in [0.15, 0.2) is 53.7 Å². The smallest absolute Gasteiger partial charge is 0.224 e. The molecule has 0 atom stereocenters. The Morgan fingerprint density at radius 1 is 1.26 bits per heavy atom. The summed E-state index contributed by atoms with van der Waals surface area (Å²) in [6.07, 6.45) is 5.92. The van der Waals surface area contributed by atoms with Crippen LogP contribution in [0.1, 0.15) is 11.1 Å². The Morgan fingerprint density at radius 3 is 2.84 bits per heavy atom. The minimum atomic E-state index is 0.0327. The molecule has 1 aromatic heterocycles. The lowest BCUT2D eigenvalue weighted by Gasteiger charge is -2.08. The van der Waals surface area contributed by atoms with Crippen LogP contribution in [0.4, 0.5) is 0 Å². The Labute approximate surface area is 117 Å². The first-order valence-electron chi connectivity index (χ1n) is 6.07. The average Bonchev–Trinajstić information content (AvgIpc) is 2.47. The molecule has 4 heteroatoms.